The Balaban J connectivity index is 1.57. The van der Waals surface area contributed by atoms with Gasteiger partial charge >= 0.3 is 0 Å². The summed E-state index contributed by atoms with van der Waals surface area (Å²) in [4.78, 5) is 31.6. The quantitative estimate of drug-likeness (QED) is 0.518. The molecule has 1 fully saturated rings. The average Bonchev–Trinajstić information content (AvgIpc) is 2.79. The third kappa shape index (κ3) is 2.99. The smallest absolute Gasteiger partial charge is 0.256 e. The number of carbonyl (C=O) groups excluding carboxylic acids is 1. The zero-order valence-corrected chi connectivity index (χ0v) is 16.7. The minimum Gasteiger partial charge on any atom is -0.367 e. The van der Waals surface area contributed by atoms with E-state index in [1.807, 2.05) is 60.4 Å². The number of rotatable bonds is 2. The zero-order valence-electron chi connectivity index (χ0n) is 16.7. The summed E-state index contributed by atoms with van der Waals surface area (Å²) in [5, 5.41) is 1.15. The van der Waals surface area contributed by atoms with Gasteiger partial charge in [0.25, 0.3) is 5.91 Å². The molecule has 5 rings (SSSR count). The van der Waals surface area contributed by atoms with Gasteiger partial charge in [0.15, 0.2) is 5.43 Å². The molecule has 150 valence electrons. The molecule has 0 saturated carbocycles. The normalized spacial score (nSPS) is 19.3. The molecular formula is C25H22N2O3. The molecule has 5 heteroatoms. The van der Waals surface area contributed by atoms with Gasteiger partial charge in [-0.3, -0.25) is 9.59 Å². The molecule has 3 aromatic carbocycles. The Hall–Kier alpha value is -3.44. The lowest BCUT2D eigenvalue weighted by molar-refractivity contribution is -0.0930. The van der Waals surface area contributed by atoms with Crippen LogP contribution in [0.1, 0.15) is 22.8 Å². The minimum absolute atomic E-state index is 0.0647. The van der Waals surface area contributed by atoms with Crippen LogP contribution in [-0.2, 0) is 10.3 Å². The van der Waals surface area contributed by atoms with Crippen LogP contribution in [0.2, 0.25) is 0 Å². The van der Waals surface area contributed by atoms with E-state index in [0.29, 0.717) is 41.5 Å². The highest BCUT2D eigenvalue weighted by atomic mass is 16.5. The van der Waals surface area contributed by atoms with Crippen molar-refractivity contribution in [2.24, 2.45) is 0 Å². The number of hydrogen-bond donors (Lipinski definition) is 1. The molecule has 30 heavy (non-hydrogen) atoms. The van der Waals surface area contributed by atoms with E-state index in [-0.39, 0.29) is 11.3 Å². The average molecular weight is 398 g/mol. The third-order valence-corrected chi connectivity index (χ3v) is 5.92. The van der Waals surface area contributed by atoms with Crippen LogP contribution >= 0.6 is 0 Å². The molecule has 0 radical (unpaired) electrons. The molecule has 0 spiro atoms. The van der Waals surface area contributed by atoms with Crippen LogP contribution in [0, 0.1) is 0 Å². The molecule has 0 bridgehead atoms. The summed E-state index contributed by atoms with van der Waals surface area (Å²) < 4.78 is 6.08. The number of morpholine rings is 1. The van der Waals surface area contributed by atoms with Crippen LogP contribution in [-0.4, -0.2) is 35.5 Å². The van der Waals surface area contributed by atoms with Gasteiger partial charge in [-0.15, -0.1) is 0 Å². The number of aromatic nitrogens is 1. The number of carbonyl (C=O) groups is 1. The van der Waals surface area contributed by atoms with E-state index in [0.717, 1.165) is 11.1 Å². The fraction of sp³-hybridized carbons (Fsp3) is 0.200. The predicted octanol–water partition coefficient (Wildman–Crippen LogP) is 4.07. The maximum atomic E-state index is 13.5. The summed E-state index contributed by atoms with van der Waals surface area (Å²) in [5.41, 5.74) is 2.22. The summed E-state index contributed by atoms with van der Waals surface area (Å²) in [6.45, 7) is 3.43. The fourth-order valence-corrected chi connectivity index (χ4v) is 4.30. The Morgan fingerprint density at radius 1 is 0.967 bits per heavy atom. The van der Waals surface area contributed by atoms with Crippen LogP contribution in [0.25, 0.3) is 21.8 Å². The lowest BCUT2D eigenvalue weighted by atomic mass is 9.93. The number of pyridine rings is 1. The van der Waals surface area contributed by atoms with E-state index >= 15 is 0 Å². The maximum Gasteiger partial charge on any atom is 0.256 e. The molecule has 1 amide bonds. The predicted molar refractivity (Wildman–Crippen MR) is 118 cm³/mol. The van der Waals surface area contributed by atoms with Crippen molar-refractivity contribution in [2.75, 3.05) is 19.7 Å². The fourth-order valence-electron chi connectivity index (χ4n) is 4.30. The third-order valence-electron chi connectivity index (χ3n) is 5.92. The van der Waals surface area contributed by atoms with Crippen molar-refractivity contribution in [2.45, 2.75) is 12.5 Å². The first kappa shape index (κ1) is 18.6. The molecule has 1 unspecified atom stereocenters. The first-order valence-corrected chi connectivity index (χ1v) is 10.1. The van der Waals surface area contributed by atoms with Crippen LogP contribution in [0.3, 0.4) is 0 Å². The Kier molecular flexibility index (Phi) is 4.40. The summed E-state index contributed by atoms with van der Waals surface area (Å²) >= 11 is 0. The Labute approximate surface area is 173 Å². The number of nitrogens with zero attached hydrogens (tertiary/aromatic N) is 1. The van der Waals surface area contributed by atoms with Gasteiger partial charge in [-0.05, 0) is 36.8 Å². The van der Waals surface area contributed by atoms with Crippen LogP contribution < -0.4 is 5.43 Å². The van der Waals surface area contributed by atoms with Crippen molar-refractivity contribution >= 4 is 27.7 Å². The van der Waals surface area contributed by atoms with Gasteiger partial charge in [0.1, 0.15) is 5.60 Å². The first-order valence-electron chi connectivity index (χ1n) is 10.1. The van der Waals surface area contributed by atoms with Crippen LogP contribution in [0.4, 0.5) is 0 Å². The first-order chi connectivity index (χ1) is 14.6. The number of benzene rings is 3. The van der Waals surface area contributed by atoms with Gasteiger partial charge in [0.2, 0.25) is 0 Å². The number of aromatic amines is 1. The van der Waals surface area contributed by atoms with Crippen LogP contribution in [0.15, 0.2) is 77.6 Å². The van der Waals surface area contributed by atoms with E-state index in [4.69, 9.17) is 4.74 Å². The van der Waals surface area contributed by atoms with E-state index in [9.17, 15) is 9.59 Å². The molecule has 1 aliphatic rings. The maximum absolute atomic E-state index is 13.5. The second kappa shape index (κ2) is 7.11. The van der Waals surface area contributed by atoms with E-state index in [1.54, 1.807) is 24.3 Å². The Morgan fingerprint density at radius 3 is 2.53 bits per heavy atom. The van der Waals surface area contributed by atoms with Crippen molar-refractivity contribution in [1.82, 2.24) is 9.88 Å². The highest BCUT2D eigenvalue weighted by Gasteiger charge is 2.36. The van der Waals surface area contributed by atoms with Gasteiger partial charge < -0.3 is 14.6 Å². The molecule has 4 aromatic rings. The molecular weight excluding hydrogens is 376 g/mol. The second-order valence-corrected chi connectivity index (χ2v) is 7.90. The minimum atomic E-state index is -0.570. The molecule has 2 heterocycles. The van der Waals surface area contributed by atoms with Crippen molar-refractivity contribution < 1.29 is 9.53 Å². The number of H-pyrrole nitrogens is 1. The number of hydrogen-bond acceptors (Lipinski definition) is 3. The number of ether oxygens (including phenoxy) is 1. The molecule has 1 aromatic heterocycles. The number of fused-ring (bicyclic) bond motifs is 2. The van der Waals surface area contributed by atoms with Crippen molar-refractivity contribution in [3.63, 3.8) is 0 Å². The summed E-state index contributed by atoms with van der Waals surface area (Å²) in [7, 11) is 0. The Bertz CT molecular complexity index is 1310. The van der Waals surface area contributed by atoms with Crippen LogP contribution in [0.5, 0.6) is 0 Å². The molecule has 1 atom stereocenters. The molecule has 0 aliphatic carbocycles. The largest absolute Gasteiger partial charge is 0.367 e. The summed E-state index contributed by atoms with van der Waals surface area (Å²) in [5.74, 6) is -0.100. The highest BCUT2D eigenvalue weighted by Crippen LogP contribution is 2.30. The van der Waals surface area contributed by atoms with Gasteiger partial charge in [-0.1, -0.05) is 48.5 Å². The van der Waals surface area contributed by atoms with E-state index in [1.165, 1.54) is 0 Å². The molecule has 1 saturated heterocycles. The van der Waals surface area contributed by atoms with E-state index in [2.05, 4.69) is 4.98 Å². The molecule has 1 aliphatic heterocycles. The van der Waals surface area contributed by atoms with Gasteiger partial charge in [0, 0.05) is 22.8 Å². The SMILES string of the molecule is CC1(c2ccccc2)CN(C(=O)c2cccc3c(=O)c4ccccc4[nH]c23)CCO1. The van der Waals surface area contributed by atoms with Crippen molar-refractivity contribution in [3.8, 4) is 0 Å². The zero-order chi connectivity index (χ0) is 20.7. The van der Waals surface area contributed by atoms with Crippen molar-refractivity contribution in [1.29, 1.82) is 0 Å². The topological polar surface area (TPSA) is 62.4 Å². The number of nitrogens with one attached hydrogen (secondary N) is 1. The molecule has 5 nitrogen and oxygen atoms in total. The standard InChI is InChI=1S/C25H22N2O3/c1-25(17-8-3-2-4-9-17)16-27(14-15-30-25)24(29)20-12-7-11-19-22(20)26-21-13-6-5-10-18(21)23(19)28/h2-13H,14-16H2,1H3,(H,26,28). The van der Waals surface area contributed by atoms with Gasteiger partial charge in [-0.25, -0.2) is 0 Å². The highest BCUT2D eigenvalue weighted by molar-refractivity contribution is 6.07. The van der Waals surface area contributed by atoms with Gasteiger partial charge in [0.05, 0.1) is 24.2 Å². The van der Waals surface area contributed by atoms with Crippen molar-refractivity contribution in [3.05, 3.63) is 94.1 Å². The molecule has 1 N–H and O–H groups in total. The van der Waals surface area contributed by atoms with Gasteiger partial charge in [-0.2, -0.15) is 0 Å². The Morgan fingerprint density at radius 2 is 1.70 bits per heavy atom. The number of amides is 1. The lowest BCUT2D eigenvalue weighted by Gasteiger charge is -2.41. The number of para-hydroxylation sites is 2. The lowest BCUT2D eigenvalue weighted by Crippen LogP contribution is -2.50. The monoisotopic (exact) mass is 398 g/mol. The van der Waals surface area contributed by atoms with E-state index < -0.39 is 5.60 Å². The summed E-state index contributed by atoms with van der Waals surface area (Å²) in [6.07, 6.45) is 0. The second-order valence-electron chi connectivity index (χ2n) is 7.90. The summed E-state index contributed by atoms with van der Waals surface area (Å²) in [6, 6.07) is 22.7.